The van der Waals surface area contributed by atoms with Crippen LogP contribution in [0.15, 0.2) is 0 Å². The molecule has 0 radical (unpaired) electrons. The molecule has 0 aromatic carbocycles. The van der Waals surface area contributed by atoms with Crippen LogP contribution in [0.5, 0.6) is 0 Å². The number of nitrogens with two attached hydrogens (primary N) is 1. The standard InChI is InChI=1S/C12H22N2O2/c13-8-6-11-7-9-14(12(15)16-11)10-4-2-1-3-5-10/h10-11H,1-9,13H2. The molecule has 0 aromatic rings. The van der Waals surface area contributed by atoms with E-state index in [-0.39, 0.29) is 12.2 Å². The van der Waals surface area contributed by atoms with Gasteiger partial charge < -0.3 is 15.4 Å². The van der Waals surface area contributed by atoms with Crippen molar-refractivity contribution in [1.82, 2.24) is 4.90 Å². The Balaban J connectivity index is 1.85. The minimum absolute atomic E-state index is 0.0531. The number of hydrogen-bond acceptors (Lipinski definition) is 3. The molecule has 0 spiro atoms. The van der Waals surface area contributed by atoms with Crippen LogP contribution in [-0.2, 0) is 4.74 Å². The van der Waals surface area contributed by atoms with Gasteiger partial charge in [0.15, 0.2) is 0 Å². The predicted octanol–water partition coefficient (Wildman–Crippen LogP) is 1.88. The van der Waals surface area contributed by atoms with Gasteiger partial charge in [-0.05, 0) is 25.8 Å². The van der Waals surface area contributed by atoms with Crippen molar-refractivity contribution in [3.8, 4) is 0 Å². The van der Waals surface area contributed by atoms with Crippen molar-refractivity contribution in [3.05, 3.63) is 0 Å². The third-order valence-electron chi connectivity index (χ3n) is 3.70. The summed E-state index contributed by atoms with van der Waals surface area (Å²) in [4.78, 5) is 13.8. The summed E-state index contributed by atoms with van der Waals surface area (Å²) >= 11 is 0. The second-order valence-electron chi connectivity index (χ2n) is 4.86. The van der Waals surface area contributed by atoms with Crippen molar-refractivity contribution in [3.63, 3.8) is 0 Å². The number of hydrogen-bond donors (Lipinski definition) is 1. The van der Waals surface area contributed by atoms with Gasteiger partial charge in [-0.25, -0.2) is 4.79 Å². The van der Waals surface area contributed by atoms with E-state index in [9.17, 15) is 4.79 Å². The Morgan fingerprint density at radius 3 is 2.62 bits per heavy atom. The molecule has 1 saturated carbocycles. The van der Waals surface area contributed by atoms with Crippen LogP contribution in [0.1, 0.15) is 44.9 Å². The van der Waals surface area contributed by atoms with Gasteiger partial charge in [-0.1, -0.05) is 19.3 Å². The molecule has 1 atom stereocenters. The van der Waals surface area contributed by atoms with Crippen molar-refractivity contribution >= 4 is 6.09 Å². The minimum Gasteiger partial charge on any atom is -0.446 e. The quantitative estimate of drug-likeness (QED) is 0.799. The summed E-state index contributed by atoms with van der Waals surface area (Å²) in [5.41, 5.74) is 5.48. The van der Waals surface area contributed by atoms with E-state index < -0.39 is 0 Å². The Morgan fingerprint density at radius 2 is 2.00 bits per heavy atom. The Morgan fingerprint density at radius 1 is 1.25 bits per heavy atom. The molecule has 1 amide bonds. The number of cyclic esters (lactones) is 1. The van der Waals surface area contributed by atoms with E-state index in [4.69, 9.17) is 10.5 Å². The summed E-state index contributed by atoms with van der Waals surface area (Å²) in [6.45, 7) is 1.45. The molecule has 0 aromatic heterocycles. The minimum atomic E-state index is -0.114. The number of rotatable bonds is 3. The molecule has 92 valence electrons. The largest absolute Gasteiger partial charge is 0.446 e. The summed E-state index contributed by atoms with van der Waals surface area (Å²) in [5, 5.41) is 0. The molecule has 1 unspecified atom stereocenters. The van der Waals surface area contributed by atoms with Gasteiger partial charge in [0.2, 0.25) is 0 Å². The summed E-state index contributed by atoms with van der Waals surface area (Å²) < 4.78 is 5.40. The Bertz CT molecular complexity index is 239. The molecule has 4 nitrogen and oxygen atoms in total. The maximum atomic E-state index is 11.8. The van der Waals surface area contributed by atoms with Gasteiger partial charge in [0.1, 0.15) is 6.10 Å². The van der Waals surface area contributed by atoms with Gasteiger partial charge in [-0.2, -0.15) is 0 Å². The molecule has 4 heteroatoms. The Kier molecular flexibility index (Phi) is 4.04. The van der Waals surface area contributed by atoms with E-state index in [1.165, 1.54) is 19.3 Å². The number of carbonyl (C=O) groups excluding carboxylic acids is 1. The van der Waals surface area contributed by atoms with Crippen molar-refractivity contribution in [2.24, 2.45) is 5.73 Å². The molecule has 2 rings (SSSR count). The van der Waals surface area contributed by atoms with E-state index in [1.807, 2.05) is 4.90 Å². The van der Waals surface area contributed by atoms with E-state index in [0.717, 1.165) is 32.2 Å². The molecule has 1 aliphatic carbocycles. The van der Waals surface area contributed by atoms with Gasteiger partial charge in [0, 0.05) is 19.0 Å². The lowest BCUT2D eigenvalue weighted by molar-refractivity contribution is 0.00375. The zero-order chi connectivity index (χ0) is 11.4. The third-order valence-corrected chi connectivity index (χ3v) is 3.70. The Hall–Kier alpha value is -0.770. The first-order chi connectivity index (χ1) is 7.81. The van der Waals surface area contributed by atoms with Crippen molar-refractivity contribution < 1.29 is 9.53 Å². The zero-order valence-corrected chi connectivity index (χ0v) is 9.86. The molecule has 16 heavy (non-hydrogen) atoms. The molecule has 2 N–H and O–H groups in total. The lowest BCUT2D eigenvalue weighted by Gasteiger charge is -2.38. The second kappa shape index (κ2) is 5.53. The maximum Gasteiger partial charge on any atom is 0.410 e. The topological polar surface area (TPSA) is 55.6 Å². The highest BCUT2D eigenvalue weighted by molar-refractivity contribution is 5.69. The highest BCUT2D eigenvalue weighted by Crippen LogP contribution is 2.26. The Labute approximate surface area is 97.1 Å². The second-order valence-corrected chi connectivity index (χ2v) is 4.86. The molecule has 2 aliphatic rings. The fourth-order valence-corrected chi connectivity index (χ4v) is 2.76. The fourth-order valence-electron chi connectivity index (χ4n) is 2.76. The average Bonchev–Trinajstić information content (AvgIpc) is 2.31. The molecule has 1 aliphatic heterocycles. The van der Waals surface area contributed by atoms with Crippen molar-refractivity contribution in [1.29, 1.82) is 0 Å². The monoisotopic (exact) mass is 226 g/mol. The van der Waals surface area contributed by atoms with Crippen LogP contribution < -0.4 is 5.73 Å². The van der Waals surface area contributed by atoms with E-state index in [1.54, 1.807) is 0 Å². The summed E-state index contributed by atoms with van der Waals surface area (Å²) in [5.74, 6) is 0. The molecule has 1 saturated heterocycles. The number of ether oxygens (including phenoxy) is 1. The fraction of sp³-hybridized carbons (Fsp3) is 0.917. The normalized spacial score (nSPS) is 27.9. The molecular formula is C12H22N2O2. The van der Waals surface area contributed by atoms with Gasteiger partial charge in [0.25, 0.3) is 0 Å². The van der Waals surface area contributed by atoms with Crippen LogP contribution >= 0.6 is 0 Å². The summed E-state index contributed by atoms with van der Waals surface area (Å²) in [7, 11) is 0. The van der Waals surface area contributed by atoms with Crippen LogP contribution in [0, 0.1) is 0 Å². The molecule has 1 heterocycles. The number of carbonyl (C=O) groups is 1. The van der Waals surface area contributed by atoms with Crippen LogP contribution in [0.4, 0.5) is 4.79 Å². The van der Waals surface area contributed by atoms with E-state index in [2.05, 4.69) is 0 Å². The highest BCUT2D eigenvalue weighted by atomic mass is 16.6. The molecule has 0 bridgehead atoms. The van der Waals surface area contributed by atoms with E-state index in [0.29, 0.717) is 12.6 Å². The lowest BCUT2D eigenvalue weighted by Crippen LogP contribution is -2.48. The predicted molar refractivity (Wildman–Crippen MR) is 62.1 cm³/mol. The zero-order valence-electron chi connectivity index (χ0n) is 9.86. The first-order valence-corrected chi connectivity index (χ1v) is 6.48. The first-order valence-electron chi connectivity index (χ1n) is 6.48. The SMILES string of the molecule is NCCC1CCN(C2CCCCC2)C(=O)O1. The smallest absolute Gasteiger partial charge is 0.410 e. The van der Waals surface area contributed by atoms with Gasteiger partial charge in [0.05, 0.1) is 0 Å². The highest BCUT2D eigenvalue weighted by Gasteiger charge is 2.32. The maximum absolute atomic E-state index is 11.8. The average molecular weight is 226 g/mol. The van der Waals surface area contributed by atoms with Crippen LogP contribution in [0.2, 0.25) is 0 Å². The van der Waals surface area contributed by atoms with Crippen molar-refractivity contribution in [2.45, 2.75) is 57.1 Å². The first kappa shape index (κ1) is 11.7. The molecular weight excluding hydrogens is 204 g/mol. The van der Waals surface area contributed by atoms with Gasteiger partial charge in [-0.15, -0.1) is 0 Å². The van der Waals surface area contributed by atoms with E-state index >= 15 is 0 Å². The number of nitrogens with zero attached hydrogens (tertiary/aromatic N) is 1. The van der Waals surface area contributed by atoms with Crippen LogP contribution in [0.3, 0.4) is 0 Å². The van der Waals surface area contributed by atoms with Crippen molar-refractivity contribution in [2.75, 3.05) is 13.1 Å². The lowest BCUT2D eigenvalue weighted by atomic mass is 9.94. The van der Waals surface area contributed by atoms with Crippen LogP contribution in [-0.4, -0.2) is 36.2 Å². The van der Waals surface area contributed by atoms with Gasteiger partial charge in [-0.3, -0.25) is 0 Å². The summed E-state index contributed by atoms with van der Waals surface area (Å²) in [6.07, 6.45) is 7.79. The van der Waals surface area contributed by atoms with Crippen LogP contribution in [0.25, 0.3) is 0 Å². The number of amides is 1. The third kappa shape index (κ3) is 2.67. The molecule has 2 fully saturated rings. The summed E-state index contributed by atoms with van der Waals surface area (Å²) in [6, 6.07) is 0.431. The van der Waals surface area contributed by atoms with Gasteiger partial charge >= 0.3 is 6.09 Å².